The molecule has 5 nitrogen and oxygen atoms in total. The van der Waals surface area contributed by atoms with Gasteiger partial charge < -0.3 is 14.2 Å². The Hall–Kier alpha value is -4.19. The monoisotopic (exact) mass is 468 g/mol. The molecule has 0 radical (unpaired) electrons. The first-order valence-corrected chi connectivity index (χ1v) is 11.6. The number of carbonyl (C=O) groups is 1. The van der Waals surface area contributed by atoms with Crippen LogP contribution in [0.15, 0.2) is 83.4 Å². The SMILES string of the molecule is CCOc1ccc(/C=C(/C(=O)N2CCc3c(noc3-c3ccc(F)cc3)C2)c2ccccc2)cc1. The predicted molar refractivity (Wildman–Crippen MR) is 133 cm³/mol. The number of fused-ring (bicyclic) bond motifs is 1. The van der Waals surface area contributed by atoms with Gasteiger partial charge in [-0.25, -0.2) is 4.39 Å². The van der Waals surface area contributed by atoms with Gasteiger partial charge in [-0.15, -0.1) is 0 Å². The van der Waals surface area contributed by atoms with Crippen LogP contribution in [0.3, 0.4) is 0 Å². The molecule has 35 heavy (non-hydrogen) atoms. The maximum Gasteiger partial charge on any atom is 0.254 e. The minimum atomic E-state index is -0.299. The number of carbonyl (C=O) groups excluding carboxylic acids is 1. The lowest BCUT2D eigenvalue weighted by molar-refractivity contribution is -0.125. The Morgan fingerprint density at radius 3 is 2.51 bits per heavy atom. The van der Waals surface area contributed by atoms with E-state index in [1.165, 1.54) is 12.1 Å². The van der Waals surface area contributed by atoms with Gasteiger partial charge in [-0.2, -0.15) is 0 Å². The highest BCUT2D eigenvalue weighted by Gasteiger charge is 2.29. The topological polar surface area (TPSA) is 55.6 Å². The zero-order chi connectivity index (χ0) is 24.2. The van der Waals surface area contributed by atoms with E-state index in [1.807, 2.05) is 67.6 Å². The number of benzene rings is 3. The summed E-state index contributed by atoms with van der Waals surface area (Å²) in [5, 5.41) is 4.24. The van der Waals surface area contributed by atoms with Crippen molar-refractivity contribution in [2.24, 2.45) is 0 Å². The number of ether oxygens (including phenoxy) is 1. The molecule has 0 N–H and O–H groups in total. The second-order valence-electron chi connectivity index (χ2n) is 8.35. The maximum absolute atomic E-state index is 13.7. The van der Waals surface area contributed by atoms with Gasteiger partial charge in [0.2, 0.25) is 0 Å². The standard InChI is InChI=1S/C29H25FN2O3/c1-2-34-24-14-8-20(9-15-24)18-26(21-6-4-3-5-7-21)29(33)32-17-16-25-27(19-32)31-35-28(25)22-10-12-23(30)13-11-22/h3-15,18H,2,16-17,19H2,1H3/b26-18+. The second-order valence-corrected chi connectivity index (χ2v) is 8.35. The minimum Gasteiger partial charge on any atom is -0.494 e. The molecular weight excluding hydrogens is 443 g/mol. The summed E-state index contributed by atoms with van der Waals surface area (Å²) in [5.74, 6) is 1.07. The van der Waals surface area contributed by atoms with Crippen LogP contribution in [0.2, 0.25) is 0 Å². The van der Waals surface area contributed by atoms with Crippen molar-refractivity contribution in [2.75, 3.05) is 13.2 Å². The molecular formula is C29H25FN2O3. The lowest BCUT2D eigenvalue weighted by atomic mass is 9.97. The fraction of sp³-hybridized carbons (Fsp3) is 0.172. The lowest BCUT2D eigenvalue weighted by Gasteiger charge is -2.27. The zero-order valence-corrected chi connectivity index (χ0v) is 19.4. The Balaban J connectivity index is 1.42. The van der Waals surface area contributed by atoms with Crippen LogP contribution in [0.25, 0.3) is 23.0 Å². The van der Waals surface area contributed by atoms with E-state index in [-0.39, 0.29) is 11.7 Å². The summed E-state index contributed by atoms with van der Waals surface area (Å²) in [7, 11) is 0. The molecule has 1 aliphatic rings. The van der Waals surface area contributed by atoms with Crippen LogP contribution in [-0.4, -0.2) is 29.1 Å². The number of hydrogen-bond acceptors (Lipinski definition) is 4. The van der Waals surface area contributed by atoms with Gasteiger partial charge in [0.15, 0.2) is 5.76 Å². The molecule has 1 aliphatic heterocycles. The first kappa shape index (κ1) is 22.6. The third-order valence-electron chi connectivity index (χ3n) is 6.05. The van der Waals surface area contributed by atoms with Crippen LogP contribution in [0.5, 0.6) is 5.75 Å². The summed E-state index contributed by atoms with van der Waals surface area (Å²) >= 11 is 0. The largest absolute Gasteiger partial charge is 0.494 e. The van der Waals surface area contributed by atoms with E-state index >= 15 is 0 Å². The van der Waals surface area contributed by atoms with Crippen LogP contribution >= 0.6 is 0 Å². The summed E-state index contributed by atoms with van der Waals surface area (Å²) in [6.07, 6.45) is 2.53. The number of rotatable bonds is 6. The molecule has 0 aliphatic carbocycles. The Bertz CT molecular complexity index is 1340. The van der Waals surface area contributed by atoms with Gasteiger partial charge >= 0.3 is 0 Å². The van der Waals surface area contributed by atoms with Gasteiger partial charge in [-0.3, -0.25) is 4.79 Å². The number of nitrogens with zero attached hydrogens (tertiary/aromatic N) is 2. The average molecular weight is 469 g/mol. The van der Waals surface area contributed by atoms with Gasteiger partial charge in [0.25, 0.3) is 5.91 Å². The van der Waals surface area contributed by atoms with Crippen LogP contribution in [-0.2, 0) is 17.8 Å². The van der Waals surface area contributed by atoms with Crippen molar-refractivity contribution in [3.05, 3.63) is 107 Å². The summed E-state index contributed by atoms with van der Waals surface area (Å²) in [5.41, 5.74) is 4.86. The maximum atomic E-state index is 13.7. The van der Waals surface area contributed by atoms with Gasteiger partial charge in [-0.1, -0.05) is 47.6 Å². The molecule has 176 valence electrons. The Morgan fingerprint density at radius 2 is 1.80 bits per heavy atom. The van der Waals surface area contributed by atoms with E-state index in [1.54, 1.807) is 17.0 Å². The Labute approximate surface area is 203 Å². The van der Waals surface area contributed by atoms with Crippen molar-refractivity contribution in [2.45, 2.75) is 19.9 Å². The highest BCUT2D eigenvalue weighted by atomic mass is 19.1. The third kappa shape index (κ3) is 4.87. The molecule has 1 aromatic heterocycles. The summed E-state index contributed by atoms with van der Waals surface area (Å²) in [4.78, 5) is 15.5. The number of aromatic nitrogens is 1. The molecule has 1 amide bonds. The number of amides is 1. The van der Waals surface area contributed by atoms with Crippen LogP contribution < -0.4 is 4.74 Å². The van der Waals surface area contributed by atoms with Crippen molar-refractivity contribution in [1.29, 1.82) is 0 Å². The Morgan fingerprint density at radius 1 is 1.06 bits per heavy atom. The van der Waals surface area contributed by atoms with Crippen molar-refractivity contribution in [3.63, 3.8) is 0 Å². The zero-order valence-electron chi connectivity index (χ0n) is 19.4. The molecule has 5 rings (SSSR count). The Kier molecular flexibility index (Phi) is 6.44. The predicted octanol–water partition coefficient (Wildman–Crippen LogP) is 6.00. The molecule has 3 aromatic carbocycles. The fourth-order valence-corrected chi connectivity index (χ4v) is 4.28. The number of hydrogen-bond donors (Lipinski definition) is 0. The van der Waals surface area contributed by atoms with Gasteiger partial charge in [-0.05, 0) is 66.9 Å². The molecule has 4 aromatic rings. The number of halogens is 1. The van der Waals surface area contributed by atoms with Crippen molar-refractivity contribution in [1.82, 2.24) is 10.1 Å². The molecule has 0 atom stereocenters. The summed E-state index contributed by atoms with van der Waals surface area (Å²) in [6.45, 7) is 3.44. The second kappa shape index (κ2) is 9.97. The third-order valence-corrected chi connectivity index (χ3v) is 6.05. The highest BCUT2D eigenvalue weighted by molar-refractivity contribution is 6.24. The molecule has 0 bridgehead atoms. The van der Waals surface area contributed by atoms with Crippen molar-refractivity contribution in [3.8, 4) is 17.1 Å². The summed E-state index contributed by atoms with van der Waals surface area (Å²) in [6, 6.07) is 23.5. The smallest absolute Gasteiger partial charge is 0.254 e. The molecule has 0 spiro atoms. The molecule has 2 heterocycles. The lowest BCUT2D eigenvalue weighted by Crippen LogP contribution is -2.36. The molecule has 0 saturated heterocycles. The molecule has 0 saturated carbocycles. The van der Waals surface area contributed by atoms with Crippen molar-refractivity contribution >= 4 is 17.6 Å². The van der Waals surface area contributed by atoms with Gasteiger partial charge in [0, 0.05) is 23.2 Å². The normalized spacial score (nSPS) is 13.4. The van der Waals surface area contributed by atoms with Crippen LogP contribution in [0.4, 0.5) is 4.39 Å². The van der Waals surface area contributed by atoms with E-state index in [2.05, 4.69) is 5.16 Å². The van der Waals surface area contributed by atoms with Crippen LogP contribution in [0, 0.1) is 5.82 Å². The van der Waals surface area contributed by atoms with E-state index < -0.39 is 0 Å². The van der Waals surface area contributed by atoms with Gasteiger partial charge in [0.1, 0.15) is 17.3 Å². The minimum absolute atomic E-state index is 0.0675. The van der Waals surface area contributed by atoms with E-state index in [4.69, 9.17) is 9.26 Å². The van der Waals surface area contributed by atoms with E-state index in [0.717, 1.165) is 33.7 Å². The molecule has 6 heteroatoms. The van der Waals surface area contributed by atoms with Crippen molar-refractivity contribution < 1.29 is 18.4 Å². The highest BCUT2D eigenvalue weighted by Crippen LogP contribution is 2.32. The van der Waals surface area contributed by atoms with E-state index in [9.17, 15) is 9.18 Å². The molecule has 0 unspecified atom stereocenters. The first-order chi connectivity index (χ1) is 17.1. The van der Waals surface area contributed by atoms with E-state index in [0.29, 0.717) is 37.5 Å². The first-order valence-electron chi connectivity index (χ1n) is 11.6. The summed E-state index contributed by atoms with van der Waals surface area (Å²) < 4.78 is 24.5. The quantitative estimate of drug-likeness (QED) is 0.257. The fourth-order valence-electron chi connectivity index (χ4n) is 4.28. The average Bonchev–Trinajstić information content (AvgIpc) is 3.32. The van der Waals surface area contributed by atoms with Crippen LogP contribution in [0.1, 0.15) is 29.3 Å². The molecule has 0 fully saturated rings. The van der Waals surface area contributed by atoms with Gasteiger partial charge in [0.05, 0.1) is 13.2 Å².